The van der Waals surface area contributed by atoms with Crippen LogP contribution in [0.15, 0.2) is 77.6 Å². The molecule has 0 spiro atoms. The number of likely N-dealkylation sites (tertiary alicyclic amines) is 1. The Bertz CT molecular complexity index is 1820. The standard InChI is InChI=1S/C32H34N8O3/c1-20(2)38(3)14-7-10-27(41)39-15-13-23(17-39)40-18-24(28-29(33)34-19-35-30(28)40)31(42)37-32-36-25-16-22(11-12-26(25)43-32)21-8-5-4-6-9-21/h4-12,16,18-20,23H,13-15,17H2,1-3H3,(H2,33,34,35)(H,36,37,42)/t23-/m1/s1. The Kier molecular flexibility index (Phi) is 7.64. The maximum Gasteiger partial charge on any atom is 0.302 e. The van der Waals surface area contributed by atoms with Crippen LogP contribution < -0.4 is 11.1 Å². The smallest absolute Gasteiger partial charge is 0.302 e. The topological polar surface area (TPSA) is 135 Å². The van der Waals surface area contributed by atoms with E-state index in [-0.39, 0.29) is 23.8 Å². The summed E-state index contributed by atoms with van der Waals surface area (Å²) in [6, 6.07) is 16.1. The molecule has 4 heterocycles. The van der Waals surface area contributed by atoms with E-state index in [1.54, 1.807) is 12.3 Å². The number of rotatable bonds is 8. The number of nitrogens with two attached hydrogens (primary N) is 1. The van der Waals surface area contributed by atoms with Gasteiger partial charge in [-0.1, -0.05) is 42.5 Å². The van der Waals surface area contributed by atoms with Crippen LogP contribution in [0.1, 0.15) is 36.7 Å². The van der Waals surface area contributed by atoms with Crippen LogP contribution in [0.3, 0.4) is 0 Å². The maximum atomic E-state index is 13.6. The van der Waals surface area contributed by atoms with E-state index in [0.29, 0.717) is 53.4 Å². The Morgan fingerprint density at radius 3 is 2.77 bits per heavy atom. The highest BCUT2D eigenvalue weighted by molar-refractivity contribution is 6.14. The van der Waals surface area contributed by atoms with Crippen LogP contribution in [0.4, 0.5) is 11.8 Å². The first-order valence-corrected chi connectivity index (χ1v) is 14.3. The van der Waals surface area contributed by atoms with E-state index in [1.807, 2.05) is 71.1 Å². The van der Waals surface area contributed by atoms with Gasteiger partial charge in [0.2, 0.25) is 5.91 Å². The summed E-state index contributed by atoms with van der Waals surface area (Å²) < 4.78 is 7.75. The summed E-state index contributed by atoms with van der Waals surface area (Å²) in [7, 11) is 2.02. The van der Waals surface area contributed by atoms with Crippen LogP contribution in [0.2, 0.25) is 0 Å². The summed E-state index contributed by atoms with van der Waals surface area (Å²) in [4.78, 5) is 43.5. The predicted molar refractivity (Wildman–Crippen MR) is 166 cm³/mol. The van der Waals surface area contributed by atoms with E-state index >= 15 is 0 Å². The number of carbonyl (C=O) groups is 2. The van der Waals surface area contributed by atoms with Gasteiger partial charge in [0.1, 0.15) is 23.3 Å². The summed E-state index contributed by atoms with van der Waals surface area (Å²) in [6.07, 6.45) is 7.36. The molecule has 3 N–H and O–H groups in total. The van der Waals surface area contributed by atoms with Gasteiger partial charge in [0.05, 0.1) is 17.0 Å². The SMILES string of the molecule is CC(C)N(C)CC=CC(=O)N1CC[C@@H](n2cc(C(=O)Nc3nc4cc(-c5ccccc5)ccc4o3)c3c(N)ncnc32)C1. The Morgan fingerprint density at radius 2 is 1.98 bits per heavy atom. The van der Waals surface area contributed by atoms with Crippen molar-refractivity contribution in [1.82, 2.24) is 29.3 Å². The van der Waals surface area contributed by atoms with E-state index in [9.17, 15) is 9.59 Å². The number of likely N-dealkylation sites (N-methyl/N-ethyl adjacent to an activating group) is 1. The zero-order valence-corrected chi connectivity index (χ0v) is 24.4. The first-order valence-electron chi connectivity index (χ1n) is 14.3. The summed E-state index contributed by atoms with van der Waals surface area (Å²) in [6.45, 7) is 6.02. The average Bonchev–Trinajstić information content (AvgIpc) is 3.74. The van der Waals surface area contributed by atoms with Crippen molar-refractivity contribution >= 4 is 45.8 Å². The maximum absolute atomic E-state index is 13.6. The molecule has 0 unspecified atom stereocenters. The third-order valence-corrected chi connectivity index (χ3v) is 8.00. The molecule has 1 fully saturated rings. The lowest BCUT2D eigenvalue weighted by Crippen LogP contribution is -2.29. The number of anilines is 2. The molecule has 6 rings (SSSR count). The van der Waals surface area contributed by atoms with Gasteiger partial charge in [0, 0.05) is 37.9 Å². The summed E-state index contributed by atoms with van der Waals surface area (Å²) >= 11 is 0. The predicted octanol–water partition coefficient (Wildman–Crippen LogP) is 4.74. The first-order chi connectivity index (χ1) is 20.8. The molecule has 1 saturated heterocycles. The Labute approximate surface area is 249 Å². The number of aromatic nitrogens is 4. The number of nitrogens with zero attached hydrogens (tertiary/aromatic N) is 6. The van der Waals surface area contributed by atoms with Crippen molar-refractivity contribution in [2.45, 2.75) is 32.4 Å². The second kappa shape index (κ2) is 11.7. The van der Waals surface area contributed by atoms with Crippen molar-refractivity contribution in [3.05, 3.63) is 78.8 Å². The molecule has 1 aliphatic rings. The number of amides is 2. The minimum Gasteiger partial charge on any atom is -0.423 e. The molecule has 220 valence electrons. The van der Waals surface area contributed by atoms with Gasteiger partial charge in [-0.3, -0.25) is 14.9 Å². The number of benzene rings is 2. The van der Waals surface area contributed by atoms with Gasteiger partial charge in [-0.25, -0.2) is 9.97 Å². The second-order valence-electron chi connectivity index (χ2n) is 11.1. The molecule has 5 aromatic rings. The molecule has 2 amide bonds. The van der Waals surface area contributed by atoms with Gasteiger partial charge in [-0.2, -0.15) is 4.98 Å². The molecule has 0 radical (unpaired) electrons. The van der Waals surface area contributed by atoms with Gasteiger partial charge in [0.25, 0.3) is 5.91 Å². The first kappa shape index (κ1) is 28.1. The van der Waals surface area contributed by atoms with Crippen LogP contribution in [0.25, 0.3) is 33.3 Å². The third-order valence-electron chi connectivity index (χ3n) is 8.00. The van der Waals surface area contributed by atoms with Crippen LogP contribution >= 0.6 is 0 Å². The fraction of sp³-hybridized carbons (Fsp3) is 0.281. The molecular formula is C32H34N8O3. The lowest BCUT2D eigenvalue weighted by Gasteiger charge is -2.19. The quantitative estimate of drug-likeness (QED) is 0.252. The number of oxazole rings is 1. The zero-order chi connectivity index (χ0) is 30.1. The number of fused-ring (bicyclic) bond motifs is 2. The van der Waals surface area contributed by atoms with E-state index in [2.05, 4.69) is 39.0 Å². The third kappa shape index (κ3) is 5.71. The van der Waals surface area contributed by atoms with E-state index in [1.165, 1.54) is 6.33 Å². The zero-order valence-electron chi connectivity index (χ0n) is 24.4. The van der Waals surface area contributed by atoms with Gasteiger partial charge in [-0.15, -0.1) is 0 Å². The van der Waals surface area contributed by atoms with Gasteiger partial charge in [0.15, 0.2) is 5.58 Å². The molecule has 1 atom stereocenters. The number of nitrogen functional groups attached to an aromatic ring is 1. The normalized spacial score (nSPS) is 15.5. The fourth-order valence-electron chi connectivity index (χ4n) is 5.32. The minimum absolute atomic E-state index is 0.0328. The Hall–Kier alpha value is -5.03. The molecule has 0 aliphatic carbocycles. The monoisotopic (exact) mass is 578 g/mol. The van der Waals surface area contributed by atoms with Crippen LogP contribution in [0.5, 0.6) is 0 Å². The number of carbonyl (C=O) groups excluding carboxylic acids is 2. The molecule has 1 aliphatic heterocycles. The van der Waals surface area contributed by atoms with Crippen LogP contribution in [0, 0.1) is 0 Å². The van der Waals surface area contributed by atoms with E-state index < -0.39 is 5.91 Å². The minimum atomic E-state index is -0.441. The highest BCUT2D eigenvalue weighted by atomic mass is 16.4. The average molecular weight is 579 g/mol. The molecule has 11 heteroatoms. The van der Waals surface area contributed by atoms with Gasteiger partial charge >= 0.3 is 6.01 Å². The molecule has 0 bridgehead atoms. The highest BCUT2D eigenvalue weighted by Crippen LogP contribution is 2.32. The summed E-state index contributed by atoms with van der Waals surface area (Å²) in [5, 5.41) is 3.23. The molecule has 2 aromatic carbocycles. The van der Waals surface area contributed by atoms with Crippen molar-refractivity contribution in [2.75, 3.05) is 37.7 Å². The Balaban J connectivity index is 1.22. The van der Waals surface area contributed by atoms with Crippen LogP contribution in [-0.2, 0) is 4.79 Å². The molecule has 0 saturated carbocycles. The number of hydrogen-bond acceptors (Lipinski definition) is 8. The number of nitrogens with one attached hydrogen (secondary N) is 1. The molecule has 43 heavy (non-hydrogen) atoms. The van der Waals surface area contributed by atoms with Crippen LogP contribution in [-0.4, -0.2) is 73.9 Å². The van der Waals surface area contributed by atoms with Gasteiger partial charge < -0.3 is 24.5 Å². The molecular weight excluding hydrogens is 544 g/mol. The second-order valence-corrected chi connectivity index (χ2v) is 11.1. The fourth-order valence-corrected chi connectivity index (χ4v) is 5.32. The van der Waals surface area contributed by atoms with Crippen molar-refractivity contribution in [1.29, 1.82) is 0 Å². The Morgan fingerprint density at radius 1 is 1.16 bits per heavy atom. The van der Waals surface area contributed by atoms with Crippen molar-refractivity contribution < 1.29 is 14.0 Å². The molecule has 3 aromatic heterocycles. The van der Waals surface area contributed by atoms with Crippen molar-refractivity contribution in [3.8, 4) is 11.1 Å². The lowest BCUT2D eigenvalue weighted by atomic mass is 10.1. The highest BCUT2D eigenvalue weighted by Gasteiger charge is 2.30. The van der Waals surface area contributed by atoms with Gasteiger partial charge in [-0.05, 0) is 50.6 Å². The largest absolute Gasteiger partial charge is 0.423 e. The summed E-state index contributed by atoms with van der Waals surface area (Å²) in [5.74, 6) is -0.278. The van der Waals surface area contributed by atoms with Crippen molar-refractivity contribution in [2.24, 2.45) is 0 Å². The number of hydrogen-bond donors (Lipinski definition) is 2. The molecule has 11 nitrogen and oxygen atoms in total. The van der Waals surface area contributed by atoms with E-state index in [4.69, 9.17) is 10.2 Å². The summed E-state index contributed by atoms with van der Waals surface area (Å²) in [5.41, 5.74) is 10.3. The van der Waals surface area contributed by atoms with E-state index in [0.717, 1.165) is 17.5 Å². The van der Waals surface area contributed by atoms with Crippen molar-refractivity contribution in [3.63, 3.8) is 0 Å². The lowest BCUT2D eigenvalue weighted by molar-refractivity contribution is -0.125.